The van der Waals surface area contributed by atoms with Crippen molar-refractivity contribution < 1.29 is 27.8 Å². The van der Waals surface area contributed by atoms with Gasteiger partial charge in [0.25, 0.3) is 15.9 Å². The summed E-state index contributed by atoms with van der Waals surface area (Å²) in [6.07, 6.45) is 2.96. The molecule has 0 spiro atoms. The quantitative estimate of drug-likeness (QED) is 0.261. The van der Waals surface area contributed by atoms with Gasteiger partial charge >= 0.3 is 0 Å². The van der Waals surface area contributed by atoms with E-state index in [-0.39, 0.29) is 40.4 Å². The second kappa shape index (κ2) is 10.1. The summed E-state index contributed by atoms with van der Waals surface area (Å²) in [4.78, 5) is 21.2. The van der Waals surface area contributed by atoms with E-state index in [4.69, 9.17) is 9.47 Å². The van der Waals surface area contributed by atoms with E-state index >= 15 is 0 Å². The van der Waals surface area contributed by atoms with Gasteiger partial charge < -0.3 is 24.9 Å². The third-order valence-corrected chi connectivity index (χ3v) is 9.01. The molecule has 6 rings (SSSR count). The number of sulfonamides is 1. The van der Waals surface area contributed by atoms with E-state index in [0.29, 0.717) is 46.5 Å². The summed E-state index contributed by atoms with van der Waals surface area (Å²) in [6, 6.07) is 13.5. The summed E-state index contributed by atoms with van der Waals surface area (Å²) >= 11 is 0. The zero-order valence-electron chi connectivity index (χ0n) is 23.0. The van der Waals surface area contributed by atoms with Crippen LogP contribution in [0.4, 0.5) is 5.69 Å². The van der Waals surface area contributed by atoms with Crippen molar-refractivity contribution in [2.45, 2.75) is 62.5 Å². The minimum absolute atomic E-state index is 0.101. The SMILES string of the molecule is CC(C)(C)c1ccc(S(=O)(=O)Nc2cnc3[nH]c(C(=O)N[C@H]4CCC[C@H]4O)c(-c4ccc5c(c4)OCO5)c3c2)cc1. The zero-order valence-corrected chi connectivity index (χ0v) is 23.8. The van der Waals surface area contributed by atoms with Crippen LogP contribution in [0.15, 0.2) is 59.6 Å². The van der Waals surface area contributed by atoms with Crippen LogP contribution in [-0.4, -0.2) is 48.3 Å². The van der Waals surface area contributed by atoms with Crippen molar-refractivity contribution in [3.05, 3.63) is 66.0 Å². The molecule has 1 aliphatic carbocycles. The first-order valence-electron chi connectivity index (χ1n) is 13.5. The van der Waals surface area contributed by atoms with Crippen molar-refractivity contribution in [2.75, 3.05) is 11.5 Å². The van der Waals surface area contributed by atoms with E-state index in [2.05, 4.69) is 40.8 Å². The molecule has 41 heavy (non-hydrogen) atoms. The van der Waals surface area contributed by atoms with Crippen LogP contribution in [0.3, 0.4) is 0 Å². The average Bonchev–Trinajstić information content (AvgIpc) is 3.66. The number of ether oxygens (including phenoxy) is 2. The maximum Gasteiger partial charge on any atom is 0.268 e. The van der Waals surface area contributed by atoms with Gasteiger partial charge in [0.2, 0.25) is 6.79 Å². The molecule has 2 atom stereocenters. The first-order chi connectivity index (χ1) is 19.5. The third-order valence-electron chi connectivity index (χ3n) is 7.62. The van der Waals surface area contributed by atoms with Gasteiger partial charge in [0.15, 0.2) is 11.5 Å². The highest BCUT2D eigenvalue weighted by Gasteiger charge is 2.30. The number of nitrogens with one attached hydrogen (secondary N) is 3. The number of aliphatic hydroxyl groups excluding tert-OH is 1. The van der Waals surface area contributed by atoms with Crippen molar-refractivity contribution in [3.8, 4) is 22.6 Å². The van der Waals surface area contributed by atoms with E-state index in [0.717, 1.165) is 12.0 Å². The van der Waals surface area contributed by atoms with Crippen LogP contribution in [0.1, 0.15) is 56.1 Å². The van der Waals surface area contributed by atoms with Gasteiger partial charge in [0.1, 0.15) is 11.3 Å². The molecule has 2 aromatic heterocycles. The van der Waals surface area contributed by atoms with Gasteiger partial charge in [-0.1, -0.05) is 39.0 Å². The Kier molecular flexibility index (Phi) is 6.66. The molecule has 214 valence electrons. The summed E-state index contributed by atoms with van der Waals surface area (Å²) in [5, 5.41) is 13.8. The third kappa shape index (κ3) is 5.22. The van der Waals surface area contributed by atoms with Crippen LogP contribution in [0, 0.1) is 0 Å². The number of aromatic amines is 1. The molecule has 1 aliphatic heterocycles. The molecule has 1 amide bonds. The number of aromatic nitrogens is 2. The maximum absolute atomic E-state index is 13.5. The predicted molar refractivity (Wildman–Crippen MR) is 155 cm³/mol. The van der Waals surface area contributed by atoms with Crippen LogP contribution < -0.4 is 19.5 Å². The number of nitrogens with zero attached hydrogens (tertiary/aromatic N) is 1. The van der Waals surface area contributed by atoms with E-state index in [1.54, 1.807) is 30.3 Å². The molecule has 1 saturated carbocycles. The molecule has 3 heterocycles. The van der Waals surface area contributed by atoms with Gasteiger partial charge in [-0.3, -0.25) is 9.52 Å². The minimum atomic E-state index is -3.90. The highest BCUT2D eigenvalue weighted by Crippen LogP contribution is 2.40. The van der Waals surface area contributed by atoms with E-state index in [1.807, 2.05) is 18.2 Å². The largest absolute Gasteiger partial charge is 0.454 e. The van der Waals surface area contributed by atoms with Crippen LogP contribution in [-0.2, 0) is 15.4 Å². The number of rotatable bonds is 6. The topological polar surface area (TPSA) is 143 Å². The fourth-order valence-electron chi connectivity index (χ4n) is 5.35. The Labute approximate surface area is 238 Å². The molecule has 4 aromatic rings. The highest BCUT2D eigenvalue weighted by molar-refractivity contribution is 7.92. The van der Waals surface area contributed by atoms with Crippen LogP contribution in [0.2, 0.25) is 0 Å². The van der Waals surface area contributed by atoms with Crippen molar-refractivity contribution >= 4 is 32.7 Å². The normalized spacial score (nSPS) is 18.5. The fraction of sp³-hybridized carbons (Fsp3) is 0.333. The minimum Gasteiger partial charge on any atom is -0.454 e. The lowest BCUT2D eigenvalue weighted by atomic mass is 9.87. The van der Waals surface area contributed by atoms with Gasteiger partial charge in [-0.2, -0.15) is 0 Å². The number of pyridine rings is 1. The summed E-state index contributed by atoms with van der Waals surface area (Å²) in [7, 11) is -3.90. The zero-order chi connectivity index (χ0) is 28.9. The standard InChI is InChI=1S/C30H32N4O6S/c1-30(2,3)18-8-10-20(11-9-18)41(37,38)34-19-14-21-26(17-7-12-24-25(13-17)40-16-39-24)27(33-28(21)31-15-19)29(36)32-22-5-4-6-23(22)35/h7-15,22-23,34-35H,4-6,16H2,1-3H3,(H,31,33)(H,32,36)/t22-,23+/m0/s1. The molecule has 0 bridgehead atoms. The second-order valence-corrected chi connectivity index (χ2v) is 13.2. The van der Waals surface area contributed by atoms with Gasteiger partial charge in [-0.25, -0.2) is 13.4 Å². The van der Waals surface area contributed by atoms with Crippen LogP contribution in [0.5, 0.6) is 11.5 Å². The molecule has 0 radical (unpaired) electrons. The summed E-state index contributed by atoms with van der Waals surface area (Å²) in [5.41, 5.74) is 3.02. The molecule has 0 saturated heterocycles. The smallest absolute Gasteiger partial charge is 0.268 e. The van der Waals surface area contributed by atoms with E-state index < -0.39 is 16.1 Å². The van der Waals surface area contributed by atoms with Crippen molar-refractivity contribution in [1.82, 2.24) is 15.3 Å². The Bertz CT molecular complexity index is 1740. The summed E-state index contributed by atoms with van der Waals surface area (Å²) in [6.45, 7) is 6.29. The van der Waals surface area contributed by atoms with Crippen LogP contribution in [0.25, 0.3) is 22.2 Å². The molecule has 1 fully saturated rings. The van der Waals surface area contributed by atoms with Gasteiger partial charge in [-0.05, 0) is 66.1 Å². The highest BCUT2D eigenvalue weighted by atomic mass is 32.2. The monoisotopic (exact) mass is 576 g/mol. The number of aliphatic hydroxyl groups is 1. The molecular weight excluding hydrogens is 544 g/mol. The fourth-order valence-corrected chi connectivity index (χ4v) is 6.38. The Hall–Kier alpha value is -4.09. The molecular formula is C30H32N4O6S. The Morgan fingerprint density at radius 1 is 1.05 bits per heavy atom. The van der Waals surface area contributed by atoms with Crippen LogP contribution >= 0.6 is 0 Å². The van der Waals surface area contributed by atoms with E-state index in [1.165, 1.54) is 6.20 Å². The summed E-state index contributed by atoms with van der Waals surface area (Å²) in [5.74, 6) is 0.748. The van der Waals surface area contributed by atoms with Gasteiger partial charge in [0, 0.05) is 10.9 Å². The number of H-pyrrole nitrogens is 1. The van der Waals surface area contributed by atoms with Gasteiger partial charge in [0.05, 0.1) is 28.9 Å². The predicted octanol–water partition coefficient (Wildman–Crippen LogP) is 4.70. The lowest BCUT2D eigenvalue weighted by molar-refractivity contribution is 0.0870. The number of benzene rings is 2. The molecule has 4 N–H and O–H groups in total. The van der Waals surface area contributed by atoms with E-state index in [9.17, 15) is 18.3 Å². The number of hydrogen-bond donors (Lipinski definition) is 4. The number of amides is 1. The van der Waals surface area contributed by atoms with Crippen molar-refractivity contribution in [1.29, 1.82) is 0 Å². The number of fused-ring (bicyclic) bond motifs is 2. The number of anilines is 1. The molecule has 11 heteroatoms. The second-order valence-electron chi connectivity index (χ2n) is 11.5. The number of hydrogen-bond acceptors (Lipinski definition) is 7. The lowest BCUT2D eigenvalue weighted by Crippen LogP contribution is -2.40. The first-order valence-corrected chi connectivity index (χ1v) is 15.0. The molecule has 2 aromatic carbocycles. The summed E-state index contributed by atoms with van der Waals surface area (Å²) < 4.78 is 40.2. The Morgan fingerprint density at radius 3 is 2.51 bits per heavy atom. The lowest BCUT2D eigenvalue weighted by Gasteiger charge is -2.19. The van der Waals surface area contributed by atoms with Crippen molar-refractivity contribution in [3.63, 3.8) is 0 Å². The number of carbonyl (C=O) groups is 1. The Balaban J connectivity index is 1.39. The first kappa shape index (κ1) is 27.1. The molecule has 10 nitrogen and oxygen atoms in total. The molecule has 0 unspecified atom stereocenters. The average molecular weight is 577 g/mol. The number of carbonyl (C=O) groups excluding carboxylic acids is 1. The van der Waals surface area contributed by atoms with Crippen molar-refractivity contribution in [2.24, 2.45) is 0 Å². The maximum atomic E-state index is 13.5. The molecule has 2 aliphatic rings. The van der Waals surface area contributed by atoms with Gasteiger partial charge in [-0.15, -0.1) is 0 Å². The Morgan fingerprint density at radius 2 is 1.80 bits per heavy atom.